The number of hydrogen-bond donors (Lipinski definition) is 0. The molecule has 0 aliphatic carbocycles. The van der Waals surface area contributed by atoms with E-state index in [1.54, 1.807) is 6.20 Å². The van der Waals surface area contributed by atoms with E-state index in [0.717, 1.165) is 37.7 Å². The highest BCUT2D eigenvalue weighted by Crippen LogP contribution is 2.21. The summed E-state index contributed by atoms with van der Waals surface area (Å²) in [5, 5.41) is 0. The van der Waals surface area contributed by atoms with Gasteiger partial charge >= 0.3 is 0 Å². The van der Waals surface area contributed by atoms with Gasteiger partial charge in [0.15, 0.2) is 0 Å². The van der Waals surface area contributed by atoms with Crippen LogP contribution in [0.25, 0.3) is 0 Å². The molecule has 0 atom stereocenters. The molecular weight excluding hydrogens is 338 g/mol. The molecule has 0 N–H and O–H groups in total. The van der Waals surface area contributed by atoms with Gasteiger partial charge in [-0.05, 0) is 31.0 Å². The maximum absolute atomic E-state index is 13.0. The van der Waals surface area contributed by atoms with Crippen LogP contribution in [-0.2, 0) is 0 Å². The summed E-state index contributed by atoms with van der Waals surface area (Å²) < 4.78 is 0. The predicted molar refractivity (Wildman–Crippen MR) is 107 cm³/mol. The van der Waals surface area contributed by atoms with Gasteiger partial charge in [-0.25, -0.2) is 4.98 Å². The van der Waals surface area contributed by atoms with Crippen LogP contribution in [0, 0.1) is 0 Å². The largest absolute Gasteiger partial charge is 0.370 e. The maximum atomic E-state index is 13.0. The fourth-order valence-corrected chi connectivity index (χ4v) is 3.91. The molecule has 2 aliphatic rings. The first-order valence-electron chi connectivity index (χ1n) is 9.96. The third-order valence-corrected chi connectivity index (χ3v) is 5.48. The van der Waals surface area contributed by atoms with E-state index in [0.29, 0.717) is 18.7 Å². The molecule has 0 aromatic carbocycles. The number of hydrogen-bond acceptors (Lipinski definition) is 5. The lowest BCUT2D eigenvalue weighted by atomic mass is 10.2. The number of pyridine rings is 2. The van der Waals surface area contributed by atoms with Crippen LogP contribution < -0.4 is 9.80 Å². The van der Waals surface area contributed by atoms with Crippen LogP contribution in [-0.4, -0.2) is 60.0 Å². The minimum Gasteiger partial charge on any atom is -0.370 e. The number of nitrogens with zero attached hydrogens (tertiary/aromatic N) is 5. The van der Waals surface area contributed by atoms with Crippen LogP contribution in [0.3, 0.4) is 0 Å². The van der Waals surface area contributed by atoms with Gasteiger partial charge in [-0.2, -0.15) is 0 Å². The SMILES string of the molecule is O=C(c1cncc(N2CCCCCC2)c1)N1CCN(c2ccccn2)CC1. The fourth-order valence-electron chi connectivity index (χ4n) is 3.91. The molecule has 2 aromatic heterocycles. The van der Waals surface area contributed by atoms with Crippen molar-refractivity contribution in [2.45, 2.75) is 25.7 Å². The van der Waals surface area contributed by atoms with Crippen molar-refractivity contribution in [3.05, 3.63) is 48.4 Å². The number of rotatable bonds is 3. The lowest BCUT2D eigenvalue weighted by molar-refractivity contribution is 0.0746. The van der Waals surface area contributed by atoms with Crippen molar-refractivity contribution in [1.82, 2.24) is 14.9 Å². The van der Waals surface area contributed by atoms with Crippen LogP contribution in [0.5, 0.6) is 0 Å². The summed E-state index contributed by atoms with van der Waals surface area (Å²) in [6, 6.07) is 7.96. The molecule has 0 saturated carbocycles. The zero-order chi connectivity index (χ0) is 18.5. The van der Waals surface area contributed by atoms with Gasteiger partial charge in [-0.1, -0.05) is 18.9 Å². The van der Waals surface area contributed by atoms with E-state index in [-0.39, 0.29) is 5.91 Å². The zero-order valence-corrected chi connectivity index (χ0v) is 15.8. The number of piperazine rings is 1. The van der Waals surface area contributed by atoms with Crippen molar-refractivity contribution in [1.29, 1.82) is 0 Å². The Hall–Kier alpha value is -2.63. The predicted octanol–water partition coefficient (Wildman–Crippen LogP) is 2.82. The van der Waals surface area contributed by atoms with Crippen molar-refractivity contribution in [2.75, 3.05) is 49.1 Å². The molecule has 142 valence electrons. The molecule has 1 amide bonds. The molecule has 27 heavy (non-hydrogen) atoms. The molecule has 6 nitrogen and oxygen atoms in total. The second kappa shape index (κ2) is 8.37. The third-order valence-electron chi connectivity index (χ3n) is 5.48. The van der Waals surface area contributed by atoms with E-state index in [1.807, 2.05) is 41.6 Å². The summed E-state index contributed by atoms with van der Waals surface area (Å²) in [6.07, 6.45) is 10.4. The number of carbonyl (C=O) groups is 1. The van der Waals surface area contributed by atoms with E-state index in [9.17, 15) is 4.79 Å². The van der Waals surface area contributed by atoms with Crippen LogP contribution in [0.1, 0.15) is 36.0 Å². The van der Waals surface area contributed by atoms with Crippen LogP contribution in [0.4, 0.5) is 11.5 Å². The first-order chi connectivity index (χ1) is 13.3. The maximum Gasteiger partial charge on any atom is 0.255 e. The molecule has 2 aliphatic heterocycles. The normalized spacial score (nSPS) is 18.3. The molecule has 2 saturated heterocycles. The average Bonchev–Trinajstić information content (AvgIpc) is 3.04. The molecule has 0 radical (unpaired) electrons. The minimum absolute atomic E-state index is 0.0832. The first-order valence-corrected chi connectivity index (χ1v) is 9.96. The number of amides is 1. The Bertz CT molecular complexity index is 750. The topological polar surface area (TPSA) is 52.6 Å². The van der Waals surface area contributed by atoms with Crippen molar-refractivity contribution < 1.29 is 4.79 Å². The number of carbonyl (C=O) groups excluding carboxylic acids is 1. The Balaban J connectivity index is 1.40. The monoisotopic (exact) mass is 365 g/mol. The number of aromatic nitrogens is 2. The van der Waals surface area contributed by atoms with E-state index >= 15 is 0 Å². The molecule has 4 rings (SSSR count). The first kappa shape index (κ1) is 17.8. The van der Waals surface area contributed by atoms with Gasteiger partial charge in [-0.15, -0.1) is 0 Å². The van der Waals surface area contributed by atoms with Gasteiger partial charge in [0.1, 0.15) is 5.82 Å². The quantitative estimate of drug-likeness (QED) is 0.837. The summed E-state index contributed by atoms with van der Waals surface area (Å²) in [7, 11) is 0. The summed E-state index contributed by atoms with van der Waals surface area (Å²) in [5.74, 6) is 1.06. The number of anilines is 2. The van der Waals surface area contributed by atoms with Crippen LogP contribution in [0.2, 0.25) is 0 Å². The second-order valence-electron chi connectivity index (χ2n) is 7.30. The smallest absolute Gasteiger partial charge is 0.255 e. The van der Waals surface area contributed by atoms with Gasteiger partial charge in [0.05, 0.1) is 17.4 Å². The molecule has 6 heteroatoms. The highest BCUT2D eigenvalue weighted by atomic mass is 16.2. The summed E-state index contributed by atoms with van der Waals surface area (Å²) in [5.41, 5.74) is 1.78. The average molecular weight is 365 g/mol. The van der Waals surface area contributed by atoms with Crippen molar-refractivity contribution in [3.8, 4) is 0 Å². The van der Waals surface area contributed by atoms with Gasteiger partial charge in [0, 0.05) is 51.7 Å². The van der Waals surface area contributed by atoms with Gasteiger partial charge < -0.3 is 14.7 Å². The third kappa shape index (κ3) is 4.21. The lowest BCUT2D eigenvalue weighted by Gasteiger charge is -2.35. The van der Waals surface area contributed by atoms with Crippen molar-refractivity contribution in [3.63, 3.8) is 0 Å². The van der Waals surface area contributed by atoms with Gasteiger partial charge in [-0.3, -0.25) is 9.78 Å². The highest BCUT2D eigenvalue weighted by molar-refractivity contribution is 5.95. The Kier molecular flexibility index (Phi) is 5.51. The molecule has 0 spiro atoms. The lowest BCUT2D eigenvalue weighted by Crippen LogP contribution is -2.49. The van der Waals surface area contributed by atoms with Gasteiger partial charge in [0.25, 0.3) is 5.91 Å². The standard InChI is InChI=1S/C21H27N5O/c27-21(26-13-11-25(12-14-26)20-7-3-4-8-23-20)18-15-19(17-22-16-18)24-9-5-1-2-6-10-24/h3-4,7-8,15-17H,1-2,5-6,9-14H2. The van der Waals surface area contributed by atoms with Gasteiger partial charge in [0.2, 0.25) is 0 Å². The van der Waals surface area contributed by atoms with E-state index in [2.05, 4.69) is 19.8 Å². The molecule has 2 aromatic rings. The van der Waals surface area contributed by atoms with E-state index < -0.39 is 0 Å². The zero-order valence-electron chi connectivity index (χ0n) is 15.8. The van der Waals surface area contributed by atoms with Crippen LogP contribution >= 0.6 is 0 Å². The van der Waals surface area contributed by atoms with E-state index in [1.165, 1.54) is 25.7 Å². The Morgan fingerprint density at radius 2 is 1.63 bits per heavy atom. The molecular formula is C21H27N5O. The fraction of sp³-hybridized carbons (Fsp3) is 0.476. The highest BCUT2D eigenvalue weighted by Gasteiger charge is 2.23. The van der Waals surface area contributed by atoms with Crippen molar-refractivity contribution >= 4 is 17.4 Å². The summed E-state index contributed by atoms with van der Waals surface area (Å²) >= 11 is 0. The molecule has 2 fully saturated rings. The molecule has 0 unspecified atom stereocenters. The minimum atomic E-state index is 0.0832. The molecule has 4 heterocycles. The Morgan fingerprint density at radius 3 is 2.33 bits per heavy atom. The second-order valence-corrected chi connectivity index (χ2v) is 7.30. The van der Waals surface area contributed by atoms with Crippen molar-refractivity contribution in [2.24, 2.45) is 0 Å². The Morgan fingerprint density at radius 1 is 0.852 bits per heavy atom. The van der Waals surface area contributed by atoms with E-state index in [4.69, 9.17) is 0 Å². The Labute approximate surface area is 160 Å². The summed E-state index contributed by atoms with van der Waals surface area (Å²) in [4.78, 5) is 28.3. The summed E-state index contributed by atoms with van der Waals surface area (Å²) in [6.45, 7) is 5.15. The van der Waals surface area contributed by atoms with Crippen LogP contribution in [0.15, 0.2) is 42.9 Å². The molecule has 0 bridgehead atoms.